The molecule has 1 amide bonds. The minimum absolute atomic E-state index is 0.00206. The summed E-state index contributed by atoms with van der Waals surface area (Å²) < 4.78 is 0. The summed E-state index contributed by atoms with van der Waals surface area (Å²) in [6, 6.07) is 0.00206. The van der Waals surface area contributed by atoms with Gasteiger partial charge in [0.05, 0.1) is 12.6 Å². The first-order chi connectivity index (χ1) is 11.7. The van der Waals surface area contributed by atoms with Crippen molar-refractivity contribution in [2.45, 2.75) is 52.1 Å². The molecule has 24 heavy (non-hydrogen) atoms. The largest absolute Gasteiger partial charge is 0.341 e. The quantitative estimate of drug-likeness (QED) is 0.866. The normalized spacial score (nSPS) is 21.8. The predicted molar refractivity (Wildman–Crippen MR) is 92.5 cm³/mol. The Morgan fingerprint density at radius 2 is 1.83 bits per heavy atom. The summed E-state index contributed by atoms with van der Waals surface area (Å²) in [5.41, 5.74) is 0. The fourth-order valence-electron chi connectivity index (χ4n) is 3.62. The van der Waals surface area contributed by atoms with Crippen LogP contribution in [0.5, 0.6) is 0 Å². The molecular weight excluding hydrogens is 304 g/mol. The minimum atomic E-state index is 0.00206. The molecule has 0 unspecified atom stereocenters. The molecule has 134 valence electrons. The van der Waals surface area contributed by atoms with E-state index in [1.165, 1.54) is 6.42 Å². The summed E-state index contributed by atoms with van der Waals surface area (Å²) in [7, 11) is 0. The monoisotopic (exact) mass is 334 g/mol. The summed E-state index contributed by atoms with van der Waals surface area (Å²) in [5, 5.41) is 7.22. The lowest BCUT2D eigenvalue weighted by Crippen LogP contribution is -2.54. The first-order valence-corrected chi connectivity index (χ1v) is 9.32. The van der Waals surface area contributed by atoms with Crippen molar-refractivity contribution >= 4 is 5.91 Å². The van der Waals surface area contributed by atoms with Crippen molar-refractivity contribution in [1.82, 2.24) is 29.9 Å². The Hall–Kier alpha value is -1.47. The topological polar surface area (TPSA) is 68.4 Å². The predicted octanol–water partition coefficient (Wildman–Crippen LogP) is 0.886. The van der Waals surface area contributed by atoms with Crippen molar-refractivity contribution in [3.8, 4) is 0 Å². The minimum Gasteiger partial charge on any atom is -0.341 e. The summed E-state index contributed by atoms with van der Waals surface area (Å²) in [4.78, 5) is 23.9. The van der Waals surface area contributed by atoms with Crippen LogP contribution >= 0.6 is 0 Å². The third kappa shape index (κ3) is 4.13. The summed E-state index contributed by atoms with van der Waals surface area (Å²) >= 11 is 0. The number of nitrogens with one attached hydrogen (secondary N) is 1. The lowest BCUT2D eigenvalue weighted by molar-refractivity contribution is -0.138. The molecule has 7 heteroatoms. The lowest BCUT2D eigenvalue weighted by Gasteiger charge is -2.39. The molecule has 0 saturated carbocycles. The van der Waals surface area contributed by atoms with E-state index in [9.17, 15) is 4.79 Å². The molecule has 1 atom stereocenters. The van der Waals surface area contributed by atoms with Crippen LogP contribution < -0.4 is 0 Å². The molecule has 1 N–H and O–H groups in total. The molecule has 2 aliphatic heterocycles. The van der Waals surface area contributed by atoms with Gasteiger partial charge in [-0.05, 0) is 26.2 Å². The van der Waals surface area contributed by atoms with Crippen LogP contribution in [-0.4, -0.2) is 81.1 Å². The van der Waals surface area contributed by atoms with Gasteiger partial charge in [0, 0.05) is 45.7 Å². The average Bonchev–Trinajstić information content (AvgIpc) is 3.09. The van der Waals surface area contributed by atoms with Crippen molar-refractivity contribution in [2.75, 3.05) is 39.3 Å². The van der Waals surface area contributed by atoms with Crippen LogP contribution in [-0.2, 0) is 17.8 Å². The molecule has 2 saturated heterocycles. The second-order valence-corrected chi connectivity index (χ2v) is 6.93. The number of aryl methyl sites for hydroxylation is 1. The Morgan fingerprint density at radius 1 is 1.12 bits per heavy atom. The van der Waals surface area contributed by atoms with Gasteiger partial charge in [-0.2, -0.15) is 5.10 Å². The van der Waals surface area contributed by atoms with Crippen molar-refractivity contribution in [3.63, 3.8) is 0 Å². The highest BCUT2D eigenvalue weighted by Crippen LogP contribution is 2.14. The molecule has 3 heterocycles. The molecule has 1 aromatic heterocycles. The molecule has 0 aliphatic carbocycles. The number of carbonyl (C=O) groups is 1. The van der Waals surface area contributed by atoms with Crippen LogP contribution in [0.1, 0.15) is 44.8 Å². The van der Waals surface area contributed by atoms with Crippen molar-refractivity contribution in [2.24, 2.45) is 0 Å². The van der Waals surface area contributed by atoms with E-state index < -0.39 is 0 Å². The number of aromatic amines is 1. The molecule has 0 spiro atoms. The molecular formula is C17H30N6O. The highest BCUT2D eigenvalue weighted by molar-refractivity contribution is 5.81. The number of nitrogens with zero attached hydrogens (tertiary/aromatic N) is 5. The van der Waals surface area contributed by atoms with Crippen molar-refractivity contribution in [1.29, 1.82) is 0 Å². The molecule has 3 rings (SSSR count). The zero-order chi connectivity index (χ0) is 16.9. The van der Waals surface area contributed by atoms with Crippen molar-refractivity contribution < 1.29 is 4.79 Å². The first-order valence-electron chi connectivity index (χ1n) is 9.32. The first kappa shape index (κ1) is 17.4. The molecule has 2 aliphatic rings. The maximum Gasteiger partial charge on any atom is 0.239 e. The number of piperidine rings is 1. The standard InChI is InChI=1S/C17H30N6O/c1-3-15-18-16(20-19-15)13-21-9-11-22(12-10-21)14(2)17(24)23-7-5-4-6-8-23/h14H,3-13H2,1-2H3,(H,18,19,20)/t14-/m1/s1. The number of piperazine rings is 1. The van der Waals surface area contributed by atoms with Gasteiger partial charge in [0.2, 0.25) is 5.91 Å². The van der Waals surface area contributed by atoms with Gasteiger partial charge in [0.15, 0.2) is 0 Å². The van der Waals surface area contributed by atoms with Crippen LogP contribution in [0, 0.1) is 0 Å². The number of likely N-dealkylation sites (tertiary alicyclic amines) is 1. The molecule has 7 nitrogen and oxygen atoms in total. The van der Waals surface area contributed by atoms with Gasteiger partial charge in [-0.15, -0.1) is 0 Å². The van der Waals surface area contributed by atoms with Gasteiger partial charge >= 0.3 is 0 Å². The Balaban J connectivity index is 1.46. The summed E-state index contributed by atoms with van der Waals surface area (Å²) in [5.74, 6) is 2.13. The van der Waals surface area contributed by atoms with Gasteiger partial charge in [-0.1, -0.05) is 6.92 Å². The van der Waals surface area contributed by atoms with Crippen LogP contribution in [0.2, 0.25) is 0 Å². The Kier molecular flexibility index (Phi) is 5.84. The Bertz CT molecular complexity index is 531. The van der Waals surface area contributed by atoms with E-state index in [-0.39, 0.29) is 6.04 Å². The second kappa shape index (κ2) is 8.07. The number of hydrogen-bond acceptors (Lipinski definition) is 5. The molecule has 0 bridgehead atoms. The lowest BCUT2D eigenvalue weighted by atomic mass is 10.1. The van der Waals surface area contributed by atoms with E-state index in [0.717, 1.165) is 76.7 Å². The molecule has 2 fully saturated rings. The Morgan fingerprint density at radius 3 is 2.46 bits per heavy atom. The van der Waals surface area contributed by atoms with Gasteiger partial charge in [0.1, 0.15) is 11.6 Å². The van der Waals surface area contributed by atoms with Gasteiger partial charge in [-0.25, -0.2) is 4.98 Å². The van der Waals surface area contributed by atoms with Crippen LogP contribution in [0.25, 0.3) is 0 Å². The van der Waals surface area contributed by atoms with Crippen LogP contribution in [0.3, 0.4) is 0 Å². The van der Waals surface area contributed by atoms with Crippen molar-refractivity contribution in [3.05, 3.63) is 11.6 Å². The van der Waals surface area contributed by atoms with E-state index in [1.54, 1.807) is 0 Å². The third-order valence-electron chi connectivity index (χ3n) is 5.25. The average molecular weight is 334 g/mol. The summed E-state index contributed by atoms with van der Waals surface area (Å²) in [6.45, 7) is 10.6. The van der Waals surface area contributed by atoms with E-state index in [4.69, 9.17) is 0 Å². The fraction of sp³-hybridized carbons (Fsp3) is 0.824. The smallest absolute Gasteiger partial charge is 0.239 e. The van der Waals surface area contributed by atoms with Crippen LogP contribution in [0.4, 0.5) is 0 Å². The SMILES string of the molecule is CCc1n[nH]c(CN2CCN([C@H](C)C(=O)N3CCCCC3)CC2)n1. The van der Waals surface area contributed by atoms with Gasteiger partial charge in [-0.3, -0.25) is 19.7 Å². The Labute approximate surface area is 144 Å². The maximum absolute atomic E-state index is 12.7. The van der Waals surface area contributed by atoms with E-state index in [2.05, 4.69) is 43.7 Å². The highest BCUT2D eigenvalue weighted by atomic mass is 16.2. The number of hydrogen-bond donors (Lipinski definition) is 1. The molecule has 0 radical (unpaired) electrons. The summed E-state index contributed by atoms with van der Waals surface area (Å²) in [6.07, 6.45) is 4.44. The number of amides is 1. The van der Waals surface area contributed by atoms with E-state index in [0.29, 0.717) is 5.91 Å². The van der Waals surface area contributed by atoms with Crippen LogP contribution in [0.15, 0.2) is 0 Å². The van der Waals surface area contributed by atoms with Gasteiger partial charge in [0.25, 0.3) is 0 Å². The second-order valence-electron chi connectivity index (χ2n) is 6.93. The zero-order valence-electron chi connectivity index (χ0n) is 15.0. The number of H-pyrrole nitrogens is 1. The fourth-order valence-corrected chi connectivity index (χ4v) is 3.62. The number of rotatable bonds is 5. The molecule has 1 aromatic rings. The van der Waals surface area contributed by atoms with Gasteiger partial charge < -0.3 is 4.90 Å². The molecule has 0 aromatic carbocycles. The maximum atomic E-state index is 12.7. The zero-order valence-corrected chi connectivity index (χ0v) is 15.0. The van der Waals surface area contributed by atoms with E-state index in [1.807, 2.05) is 0 Å². The highest BCUT2D eigenvalue weighted by Gasteiger charge is 2.29. The number of aromatic nitrogens is 3. The number of carbonyl (C=O) groups excluding carboxylic acids is 1. The van der Waals surface area contributed by atoms with E-state index >= 15 is 0 Å². The third-order valence-corrected chi connectivity index (χ3v) is 5.25.